The molecular formula is C23H28ClNO3. The molecule has 0 atom stereocenters. The minimum absolute atomic E-state index is 0. The van der Waals surface area contributed by atoms with Gasteiger partial charge in [0.15, 0.2) is 0 Å². The quantitative estimate of drug-likeness (QED) is 0.749. The van der Waals surface area contributed by atoms with Crippen LogP contribution in [0.15, 0.2) is 60.7 Å². The van der Waals surface area contributed by atoms with Crippen LogP contribution in [0.25, 0.3) is 0 Å². The molecule has 2 aromatic carbocycles. The first-order chi connectivity index (χ1) is 13.2. The van der Waals surface area contributed by atoms with E-state index in [1.807, 2.05) is 36.4 Å². The molecule has 1 N–H and O–H groups in total. The number of rotatable bonds is 6. The van der Waals surface area contributed by atoms with E-state index in [1.165, 1.54) is 19.4 Å². The van der Waals surface area contributed by atoms with E-state index >= 15 is 0 Å². The molecule has 2 aliphatic rings. The molecule has 0 aromatic heterocycles. The third-order valence-corrected chi connectivity index (χ3v) is 5.70. The molecule has 1 saturated carbocycles. The molecule has 1 heterocycles. The number of nitrogens with zero attached hydrogens (tertiary/aromatic N) is 1. The van der Waals surface area contributed by atoms with E-state index in [0.717, 1.165) is 31.8 Å². The molecule has 1 saturated heterocycles. The van der Waals surface area contributed by atoms with Crippen molar-refractivity contribution in [1.29, 1.82) is 0 Å². The van der Waals surface area contributed by atoms with Crippen LogP contribution in [0.1, 0.15) is 36.8 Å². The summed E-state index contributed by atoms with van der Waals surface area (Å²) in [6.07, 6.45) is 4.24. The van der Waals surface area contributed by atoms with Crippen molar-refractivity contribution in [3.05, 3.63) is 71.8 Å². The summed E-state index contributed by atoms with van der Waals surface area (Å²) in [6, 6.07) is 18.1. The third kappa shape index (κ3) is 4.57. The predicted molar refractivity (Wildman–Crippen MR) is 111 cm³/mol. The minimum atomic E-state index is -1.78. The number of carbonyl (C=O) groups excluding carboxylic acids is 1. The molecule has 4 nitrogen and oxygen atoms in total. The number of hydrogen-bond acceptors (Lipinski definition) is 4. The smallest absolute Gasteiger partial charge is 0.347 e. The molecule has 2 fully saturated rings. The summed E-state index contributed by atoms with van der Waals surface area (Å²) >= 11 is 0. The van der Waals surface area contributed by atoms with Crippen LogP contribution < -0.4 is 0 Å². The van der Waals surface area contributed by atoms with Gasteiger partial charge in [0.05, 0.1) is 0 Å². The molecule has 0 bridgehead atoms. The second-order valence-corrected chi connectivity index (χ2v) is 7.79. The highest BCUT2D eigenvalue weighted by Crippen LogP contribution is 2.33. The van der Waals surface area contributed by atoms with Crippen LogP contribution in [-0.4, -0.2) is 41.7 Å². The Bertz CT molecular complexity index is 716. The van der Waals surface area contributed by atoms with E-state index in [4.69, 9.17) is 4.74 Å². The number of hydrogen-bond donors (Lipinski definition) is 1. The monoisotopic (exact) mass is 401 g/mol. The Labute approximate surface area is 172 Å². The zero-order valence-electron chi connectivity index (χ0n) is 16.0. The lowest BCUT2D eigenvalue weighted by atomic mass is 9.86. The van der Waals surface area contributed by atoms with Crippen molar-refractivity contribution < 1.29 is 14.6 Å². The van der Waals surface area contributed by atoms with Crippen LogP contribution in [0.5, 0.6) is 0 Å². The maximum absolute atomic E-state index is 13.1. The summed E-state index contributed by atoms with van der Waals surface area (Å²) in [7, 11) is 0. The highest BCUT2D eigenvalue weighted by atomic mass is 35.5. The summed E-state index contributed by atoms with van der Waals surface area (Å²) in [5, 5.41) is 11.4. The number of carbonyl (C=O) groups is 1. The second kappa shape index (κ2) is 9.08. The van der Waals surface area contributed by atoms with Gasteiger partial charge in [0, 0.05) is 19.6 Å². The predicted octanol–water partition coefficient (Wildman–Crippen LogP) is 3.76. The lowest BCUT2D eigenvalue weighted by molar-refractivity contribution is -0.170. The van der Waals surface area contributed by atoms with Crippen molar-refractivity contribution in [2.45, 2.75) is 37.4 Å². The Morgan fingerprint density at radius 3 is 1.89 bits per heavy atom. The standard InChI is InChI=1S/C23H27NO3.ClH/c25-22(27-21-13-15-24(16-14-21)17-18-11-12-18)23(26,19-7-3-1-4-8-19)20-9-5-2-6-10-20;/h1-10,18,21,26H,11-17H2;1H. The summed E-state index contributed by atoms with van der Waals surface area (Å²) in [5.41, 5.74) is -0.715. The maximum Gasteiger partial charge on any atom is 0.347 e. The van der Waals surface area contributed by atoms with Gasteiger partial charge in [0.2, 0.25) is 5.60 Å². The van der Waals surface area contributed by atoms with Gasteiger partial charge >= 0.3 is 5.97 Å². The van der Waals surface area contributed by atoms with Gasteiger partial charge in [0.1, 0.15) is 6.10 Å². The van der Waals surface area contributed by atoms with Crippen LogP contribution in [0.4, 0.5) is 0 Å². The number of benzene rings is 2. The highest BCUT2D eigenvalue weighted by Gasteiger charge is 2.43. The normalized spacial score (nSPS) is 18.3. The first-order valence-electron chi connectivity index (χ1n) is 9.93. The van der Waals surface area contributed by atoms with Crippen molar-refractivity contribution in [3.63, 3.8) is 0 Å². The topological polar surface area (TPSA) is 49.8 Å². The zero-order valence-corrected chi connectivity index (χ0v) is 16.8. The molecule has 0 radical (unpaired) electrons. The van der Waals surface area contributed by atoms with E-state index in [2.05, 4.69) is 4.90 Å². The molecule has 1 aliphatic carbocycles. The van der Waals surface area contributed by atoms with Gasteiger partial charge in [-0.05, 0) is 42.7 Å². The number of esters is 1. The highest BCUT2D eigenvalue weighted by molar-refractivity contribution is 5.86. The molecule has 150 valence electrons. The number of aliphatic hydroxyl groups is 1. The Kier molecular flexibility index (Phi) is 6.76. The van der Waals surface area contributed by atoms with E-state index in [1.54, 1.807) is 24.3 Å². The summed E-state index contributed by atoms with van der Waals surface area (Å²) in [6.45, 7) is 3.10. The van der Waals surface area contributed by atoms with Crippen LogP contribution in [0, 0.1) is 5.92 Å². The van der Waals surface area contributed by atoms with Gasteiger partial charge in [-0.1, -0.05) is 60.7 Å². The number of piperidine rings is 1. The molecule has 0 unspecified atom stereocenters. The van der Waals surface area contributed by atoms with Crippen LogP contribution in [0.2, 0.25) is 0 Å². The summed E-state index contributed by atoms with van der Waals surface area (Å²) in [5.74, 6) is 0.297. The Morgan fingerprint density at radius 1 is 0.929 bits per heavy atom. The van der Waals surface area contributed by atoms with Crippen molar-refractivity contribution in [2.75, 3.05) is 19.6 Å². The molecular weight excluding hydrogens is 374 g/mol. The zero-order chi connectivity index (χ0) is 18.7. The van der Waals surface area contributed by atoms with Gasteiger partial charge in [0.25, 0.3) is 0 Å². The molecule has 0 spiro atoms. The van der Waals surface area contributed by atoms with Crippen molar-refractivity contribution in [3.8, 4) is 0 Å². The largest absolute Gasteiger partial charge is 0.460 e. The Morgan fingerprint density at radius 2 is 1.43 bits per heavy atom. The number of likely N-dealkylation sites (tertiary alicyclic amines) is 1. The van der Waals surface area contributed by atoms with E-state index < -0.39 is 11.6 Å². The van der Waals surface area contributed by atoms with E-state index in [-0.39, 0.29) is 18.5 Å². The fraction of sp³-hybridized carbons (Fsp3) is 0.435. The average Bonchev–Trinajstić information content (AvgIpc) is 3.54. The first kappa shape index (κ1) is 20.8. The molecule has 28 heavy (non-hydrogen) atoms. The van der Waals surface area contributed by atoms with Crippen molar-refractivity contribution >= 4 is 18.4 Å². The second-order valence-electron chi connectivity index (χ2n) is 7.79. The Balaban J connectivity index is 0.00000225. The number of ether oxygens (including phenoxy) is 1. The SMILES string of the molecule is Cl.O=C(OC1CCN(CC2CC2)CC1)C(O)(c1ccccc1)c1ccccc1. The van der Waals surface area contributed by atoms with Gasteiger partial charge in [-0.15, -0.1) is 12.4 Å². The van der Waals surface area contributed by atoms with E-state index in [9.17, 15) is 9.90 Å². The fourth-order valence-electron chi connectivity index (χ4n) is 3.87. The van der Waals surface area contributed by atoms with Gasteiger partial charge < -0.3 is 14.7 Å². The molecule has 0 amide bonds. The van der Waals surface area contributed by atoms with Gasteiger partial charge in [-0.2, -0.15) is 0 Å². The third-order valence-electron chi connectivity index (χ3n) is 5.70. The van der Waals surface area contributed by atoms with Crippen molar-refractivity contribution in [2.24, 2.45) is 5.92 Å². The minimum Gasteiger partial charge on any atom is -0.460 e. The molecule has 2 aromatic rings. The molecule has 4 rings (SSSR count). The number of halogens is 1. The van der Waals surface area contributed by atoms with Crippen LogP contribution in [0.3, 0.4) is 0 Å². The molecule has 5 heteroatoms. The fourth-order valence-corrected chi connectivity index (χ4v) is 3.87. The van der Waals surface area contributed by atoms with Gasteiger partial charge in [-0.25, -0.2) is 4.79 Å². The molecule has 1 aliphatic heterocycles. The van der Waals surface area contributed by atoms with Gasteiger partial charge in [-0.3, -0.25) is 0 Å². The van der Waals surface area contributed by atoms with E-state index in [0.29, 0.717) is 11.1 Å². The maximum atomic E-state index is 13.1. The first-order valence-corrected chi connectivity index (χ1v) is 9.93. The Hall–Kier alpha value is -1.88. The van der Waals surface area contributed by atoms with Crippen LogP contribution >= 0.6 is 12.4 Å². The summed E-state index contributed by atoms with van der Waals surface area (Å²) in [4.78, 5) is 15.6. The van der Waals surface area contributed by atoms with Crippen molar-refractivity contribution in [1.82, 2.24) is 4.90 Å². The lowest BCUT2D eigenvalue weighted by Gasteiger charge is -2.34. The average molecular weight is 402 g/mol. The van der Waals surface area contributed by atoms with Crippen LogP contribution in [-0.2, 0) is 15.1 Å². The lowest BCUT2D eigenvalue weighted by Crippen LogP contribution is -2.44. The summed E-state index contributed by atoms with van der Waals surface area (Å²) < 4.78 is 5.82.